The highest BCUT2D eigenvalue weighted by Gasteiger charge is 2.30. The van der Waals surface area contributed by atoms with Crippen molar-refractivity contribution in [2.45, 2.75) is 25.6 Å². The van der Waals surface area contributed by atoms with Crippen molar-refractivity contribution in [3.63, 3.8) is 0 Å². The van der Waals surface area contributed by atoms with Crippen LogP contribution >= 0.6 is 0 Å². The maximum atomic E-state index is 8.76. The van der Waals surface area contributed by atoms with Crippen LogP contribution in [0.25, 0.3) is 0 Å². The summed E-state index contributed by atoms with van der Waals surface area (Å²) in [5.74, 6) is 2.72. The maximum Gasteiger partial charge on any atom is 0.0947 e. The number of rotatable bonds is 1. The number of hydrogen-bond acceptors (Lipinski definition) is 2. The summed E-state index contributed by atoms with van der Waals surface area (Å²) in [6, 6.07) is 0. The molecule has 1 heterocycles. The van der Waals surface area contributed by atoms with Gasteiger partial charge in [-0.2, -0.15) is 0 Å². The lowest BCUT2D eigenvalue weighted by atomic mass is 10.0. The van der Waals surface area contributed by atoms with Crippen molar-refractivity contribution in [2.24, 2.45) is 5.92 Å². The third kappa shape index (κ3) is 1.31. The second kappa shape index (κ2) is 3.05. The van der Waals surface area contributed by atoms with Crippen LogP contribution in [-0.2, 0) is 4.74 Å². The first-order chi connectivity index (χ1) is 4.77. The molecule has 0 bridgehead atoms. The van der Waals surface area contributed by atoms with Crippen molar-refractivity contribution in [3.8, 4) is 12.3 Å². The van der Waals surface area contributed by atoms with E-state index in [0.29, 0.717) is 0 Å². The van der Waals surface area contributed by atoms with Gasteiger partial charge in [0.15, 0.2) is 0 Å². The summed E-state index contributed by atoms with van der Waals surface area (Å²) < 4.78 is 5.32. The Morgan fingerprint density at radius 3 is 2.90 bits per heavy atom. The van der Waals surface area contributed by atoms with Crippen LogP contribution in [0.4, 0.5) is 0 Å². The van der Waals surface area contributed by atoms with E-state index in [1.54, 1.807) is 0 Å². The van der Waals surface area contributed by atoms with Gasteiger partial charge in [-0.25, -0.2) is 0 Å². The average molecular weight is 140 g/mol. The normalized spacial score (nSPS) is 39.5. The van der Waals surface area contributed by atoms with E-state index in [9.17, 15) is 0 Å². The molecule has 1 fully saturated rings. The van der Waals surface area contributed by atoms with Gasteiger partial charge >= 0.3 is 0 Å². The monoisotopic (exact) mass is 140 g/mol. The van der Waals surface area contributed by atoms with E-state index in [2.05, 4.69) is 5.92 Å². The summed E-state index contributed by atoms with van der Waals surface area (Å²) >= 11 is 0. The lowest BCUT2D eigenvalue weighted by Crippen LogP contribution is -2.19. The molecule has 0 radical (unpaired) electrons. The molecule has 56 valence electrons. The molecule has 0 aromatic rings. The van der Waals surface area contributed by atoms with Gasteiger partial charge in [-0.1, -0.05) is 0 Å². The average Bonchev–Trinajstić information content (AvgIpc) is 2.30. The minimum atomic E-state index is -0.125. The molecule has 0 aliphatic carbocycles. The predicted molar refractivity (Wildman–Crippen MR) is 38.4 cm³/mol. The zero-order chi connectivity index (χ0) is 7.56. The molecule has 1 aliphatic rings. The van der Waals surface area contributed by atoms with Gasteiger partial charge in [0.1, 0.15) is 0 Å². The summed E-state index contributed by atoms with van der Waals surface area (Å²) in [5, 5.41) is 8.76. The van der Waals surface area contributed by atoms with E-state index in [4.69, 9.17) is 16.3 Å². The zero-order valence-electron chi connectivity index (χ0n) is 6.08. The number of hydrogen-bond donors (Lipinski definition) is 1. The Morgan fingerprint density at radius 2 is 2.50 bits per heavy atom. The minimum Gasteiger partial charge on any atom is -0.394 e. The first kappa shape index (κ1) is 7.59. The van der Waals surface area contributed by atoms with Crippen LogP contribution in [0, 0.1) is 18.3 Å². The molecule has 0 unspecified atom stereocenters. The molecule has 0 amide bonds. The van der Waals surface area contributed by atoms with Crippen molar-refractivity contribution in [1.29, 1.82) is 0 Å². The van der Waals surface area contributed by atoms with E-state index >= 15 is 0 Å². The molecule has 1 rings (SSSR count). The van der Waals surface area contributed by atoms with Gasteiger partial charge in [0, 0.05) is 0 Å². The Labute approximate surface area is 61.2 Å². The molecule has 2 heteroatoms. The van der Waals surface area contributed by atoms with Crippen LogP contribution < -0.4 is 0 Å². The third-order valence-electron chi connectivity index (χ3n) is 1.84. The van der Waals surface area contributed by atoms with Gasteiger partial charge in [0.2, 0.25) is 0 Å². The number of terminal acetylenes is 1. The Hall–Kier alpha value is -0.520. The van der Waals surface area contributed by atoms with Gasteiger partial charge in [-0.05, 0) is 13.3 Å². The Kier molecular flexibility index (Phi) is 2.31. The van der Waals surface area contributed by atoms with E-state index in [1.165, 1.54) is 0 Å². The fourth-order valence-electron chi connectivity index (χ4n) is 1.30. The van der Waals surface area contributed by atoms with Crippen LogP contribution in [0.15, 0.2) is 0 Å². The molecule has 1 N–H and O–H groups in total. The second-order valence-corrected chi connectivity index (χ2v) is 2.68. The molecular formula is C8H12O2. The summed E-state index contributed by atoms with van der Waals surface area (Å²) in [5.41, 5.74) is 0. The molecule has 1 saturated heterocycles. The van der Waals surface area contributed by atoms with Crippen LogP contribution in [0.5, 0.6) is 0 Å². The molecule has 1 aliphatic heterocycles. The quantitative estimate of drug-likeness (QED) is 0.534. The molecular weight excluding hydrogens is 128 g/mol. The molecule has 0 saturated carbocycles. The van der Waals surface area contributed by atoms with Crippen LogP contribution in [0.3, 0.4) is 0 Å². The minimum absolute atomic E-state index is 0.0409. The molecule has 2 nitrogen and oxygen atoms in total. The summed E-state index contributed by atoms with van der Waals surface area (Å²) in [4.78, 5) is 0. The maximum absolute atomic E-state index is 8.76. The van der Waals surface area contributed by atoms with Crippen molar-refractivity contribution in [3.05, 3.63) is 0 Å². The van der Waals surface area contributed by atoms with Crippen LogP contribution in [0.1, 0.15) is 13.3 Å². The Balaban J connectivity index is 2.51. The zero-order valence-corrected chi connectivity index (χ0v) is 6.08. The summed E-state index contributed by atoms with van der Waals surface area (Å²) in [6.45, 7) is 2.01. The molecule has 0 aromatic carbocycles. The SMILES string of the molecule is C#C[C@@H]1C[C@H](C)O[C@@H]1CO. The van der Waals surface area contributed by atoms with Crippen molar-refractivity contribution in [1.82, 2.24) is 0 Å². The van der Waals surface area contributed by atoms with E-state index in [-0.39, 0.29) is 24.7 Å². The fourth-order valence-corrected chi connectivity index (χ4v) is 1.30. The molecule has 10 heavy (non-hydrogen) atoms. The highest BCUT2D eigenvalue weighted by molar-refractivity contribution is 5.00. The molecule has 0 aromatic heterocycles. The number of ether oxygens (including phenoxy) is 1. The van der Waals surface area contributed by atoms with Crippen LogP contribution in [-0.4, -0.2) is 23.9 Å². The van der Waals surface area contributed by atoms with Gasteiger partial charge in [-0.3, -0.25) is 0 Å². The second-order valence-electron chi connectivity index (χ2n) is 2.68. The van der Waals surface area contributed by atoms with Gasteiger partial charge in [0.25, 0.3) is 0 Å². The van der Waals surface area contributed by atoms with Crippen molar-refractivity contribution in [2.75, 3.05) is 6.61 Å². The van der Waals surface area contributed by atoms with E-state index in [0.717, 1.165) is 6.42 Å². The number of aliphatic hydroxyl groups excluding tert-OH is 1. The topological polar surface area (TPSA) is 29.5 Å². The van der Waals surface area contributed by atoms with Gasteiger partial charge < -0.3 is 9.84 Å². The molecule has 3 atom stereocenters. The fraction of sp³-hybridized carbons (Fsp3) is 0.750. The number of aliphatic hydroxyl groups is 1. The summed E-state index contributed by atoms with van der Waals surface area (Å²) in [7, 11) is 0. The van der Waals surface area contributed by atoms with Gasteiger partial charge in [0.05, 0.1) is 24.7 Å². The smallest absolute Gasteiger partial charge is 0.0947 e. The third-order valence-corrected chi connectivity index (χ3v) is 1.84. The van der Waals surface area contributed by atoms with Gasteiger partial charge in [-0.15, -0.1) is 12.3 Å². The van der Waals surface area contributed by atoms with Crippen molar-refractivity contribution < 1.29 is 9.84 Å². The summed E-state index contributed by atoms with van der Waals surface area (Å²) in [6.07, 6.45) is 6.18. The Morgan fingerprint density at radius 1 is 1.80 bits per heavy atom. The highest BCUT2D eigenvalue weighted by atomic mass is 16.5. The molecule has 0 spiro atoms. The first-order valence-electron chi connectivity index (χ1n) is 3.50. The van der Waals surface area contributed by atoms with Crippen molar-refractivity contribution >= 4 is 0 Å². The van der Waals surface area contributed by atoms with E-state index < -0.39 is 0 Å². The predicted octanol–water partition coefficient (Wildman–Crippen LogP) is 0.406. The lowest BCUT2D eigenvalue weighted by Gasteiger charge is -2.09. The standard InChI is InChI=1S/C8H12O2/c1-3-7-4-6(2)10-8(7)5-9/h1,6-9H,4-5H2,2H3/t6-,7+,8+/m0/s1. The largest absolute Gasteiger partial charge is 0.394 e. The van der Waals surface area contributed by atoms with Crippen LogP contribution in [0.2, 0.25) is 0 Å². The van der Waals surface area contributed by atoms with E-state index in [1.807, 2.05) is 6.92 Å². The Bertz CT molecular complexity index is 148. The lowest BCUT2D eigenvalue weighted by molar-refractivity contribution is 0.0128. The highest BCUT2D eigenvalue weighted by Crippen LogP contribution is 2.24. The first-order valence-corrected chi connectivity index (χ1v) is 3.50.